The van der Waals surface area contributed by atoms with Gasteiger partial charge in [0.05, 0.1) is 32.9 Å². The molecule has 0 bridgehead atoms. The van der Waals surface area contributed by atoms with Crippen LogP contribution in [0, 0.1) is 0 Å². The standard InChI is InChI=1S/C49H58N2O12S4/c1-31(65(53,54)55)11-9-27-50-42-23-15-36-29-38(64-63-62-52)19-21-40(36)46(42)48(4,5)44(50)25-17-34-13-8-14-35(33(34)3)18-26-45-49(6,7)47-41-22-20-39(67(59,60)61)30-37(41)16-24-43(47)51(45)28-10-12-32(2)66(56,57)58/h15-26,29-32H,8-14,27-28H2,1-7H3,(H3-,52,53,54,55,56,57,58,59,60,61)/p+1. The Morgan fingerprint density at radius 2 is 1.42 bits per heavy atom. The van der Waals surface area contributed by atoms with Crippen molar-refractivity contribution in [2.45, 2.75) is 125 Å². The predicted octanol–water partition coefficient (Wildman–Crippen LogP) is 10.8. The Labute approximate surface area is 398 Å². The van der Waals surface area contributed by atoms with Crippen LogP contribution < -0.4 is 4.90 Å². The van der Waals surface area contributed by atoms with Crippen molar-refractivity contribution in [3.63, 3.8) is 0 Å². The number of benzene rings is 4. The highest BCUT2D eigenvalue weighted by molar-refractivity contribution is 7.94. The van der Waals surface area contributed by atoms with Gasteiger partial charge in [-0.1, -0.05) is 49.2 Å². The second-order valence-electron chi connectivity index (χ2n) is 18.8. The van der Waals surface area contributed by atoms with Crippen LogP contribution in [0.2, 0.25) is 0 Å². The Morgan fingerprint density at radius 1 is 0.776 bits per heavy atom. The molecule has 360 valence electrons. The maximum atomic E-state index is 12.1. The first-order valence-corrected chi connectivity index (χ1v) is 27.5. The van der Waals surface area contributed by atoms with Crippen molar-refractivity contribution in [1.29, 1.82) is 0 Å². The Hall–Kier alpha value is -4.21. The van der Waals surface area contributed by atoms with Crippen molar-refractivity contribution in [2.24, 2.45) is 0 Å². The zero-order valence-corrected chi connectivity index (χ0v) is 41.9. The van der Waals surface area contributed by atoms with Crippen LogP contribution in [0.25, 0.3) is 21.5 Å². The molecule has 0 spiro atoms. The molecule has 2 aliphatic heterocycles. The molecular formula is C49H59N2O12S4+. The number of nitrogens with zero attached hydrogens (tertiary/aromatic N) is 2. The zero-order valence-electron chi connectivity index (χ0n) is 38.7. The first-order valence-electron chi connectivity index (χ1n) is 22.3. The van der Waals surface area contributed by atoms with Gasteiger partial charge in [-0.05, 0) is 159 Å². The number of hydrogen-bond acceptors (Lipinski definition) is 11. The molecule has 3 aliphatic rings. The summed E-state index contributed by atoms with van der Waals surface area (Å²) >= 11 is 0.889. The van der Waals surface area contributed by atoms with E-state index in [1.54, 1.807) is 6.07 Å². The second kappa shape index (κ2) is 19.3. The highest BCUT2D eigenvalue weighted by Gasteiger charge is 2.46. The highest BCUT2D eigenvalue weighted by atomic mass is 32.2. The average molecular weight is 996 g/mol. The maximum Gasteiger partial charge on any atom is 0.294 e. The van der Waals surface area contributed by atoms with Crippen LogP contribution in [0.5, 0.6) is 0 Å². The SMILES string of the molecule is CC1=C(/C=C/C2=[N+](CCCC(C)S(=O)(=O)O)c3ccc4cc(S(=O)(=O)O)ccc4c3C2(C)C)CCC/C1=C\C=C1\N(CCCC(C)S(=O)(=O)O)c2ccc3cc(SOOO)ccc3c2C1(C)C. The van der Waals surface area contributed by atoms with Gasteiger partial charge >= 0.3 is 0 Å². The van der Waals surface area contributed by atoms with Crippen molar-refractivity contribution in [2.75, 3.05) is 18.0 Å². The summed E-state index contributed by atoms with van der Waals surface area (Å²) in [6.45, 7) is 14.7. The van der Waals surface area contributed by atoms with Crippen molar-refractivity contribution < 1.29 is 58.1 Å². The van der Waals surface area contributed by atoms with Crippen molar-refractivity contribution >= 4 is 81.0 Å². The van der Waals surface area contributed by atoms with Crippen LogP contribution in [0.15, 0.2) is 117 Å². The van der Waals surface area contributed by atoms with Crippen LogP contribution in [0.4, 0.5) is 11.4 Å². The van der Waals surface area contributed by atoms with E-state index in [1.807, 2.05) is 36.4 Å². The average Bonchev–Trinajstić information content (AvgIpc) is 3.61. The predicted molar refractivity (Wildman–Crippen MR) is 264 cm³/mol. The largest absolute Gasteiger partial charge is 0.344 e. The minimum Gasteiger partial charge on any atom is -0.344 e. The lowest BCUT2D eigenvalue weighted by molar-refractivity contribution is -0.438. The van der Waals surface area contributed by atoms with E-state index in [9.17, 15) is 38.9 Å². The van der Waals surface area contributed by atoms with E-state index < -0.39 is 51.7 Å². The van der Waals surface area contributed by atoms with Gasteiger partial charge < -0.3 is 4.90 Å². The van der Waals surface area contributed by atoms with Crippen molar-refractivity contribution in [1.82, 2.24) is 0 Å². The Kier molecular flexibility index (Phi) is 14.6. The van der Waals surface area contributed by atoms with Gasteiger partial charge in [0.2, 0.25) is 5.69 Å². The van der Waals surface area contributed by atoms with E-state index in [0.29, 0.717) is 31.3 Å². The van der Waals surface area contributed by atoms with Crippen molar-refractivity contribution in [3.8, 4) is 0 Å². The Balaban J connectivity index is 1.26. The molecule has 18 heteroatoms. The molecular weight excluding hydrogens is 937 g/mol. The molecule has 0 saturated carbocycles. The molecule has 4 aromatic rings. The third kappa shape index (κ3) is 10.4. The fraction of sp³-hybridized carbons (Fsp3) is 0.408. The minimum atomic E-state index is -4.43. The molecule has 0 fully saturated rings. The van der Waals surface area contributed by atoms with E-state index in [1.165, 1.54) is 31.6 Å². The first-order chi connectivity index (χ1) is 31.3. The summed E-state index contributed by atoms with van der Waals surface area (Å²) < 4.78 is 108. The van der Waals surface area contributed by atoms with E-state index in [0.717, 1.165) is 97.4 Å². The lowest BCUT2D eigenvalue weighted by Gasteiger charge is -2.28. The molecule has 0 amide bonds. The Morgan fingerprint density at radius 3 is 2.09 bits per heavy atom. The summed E-state index contributed by atoms with van der Waals surface area (Å²) in [5.74, 6) is 0. The molecule has 7 rings (SSSR count). The molecule has 4 aromatic carbocycles. The van der Waals surface area contributed by atoms with Gasteiger partial charge in [-0.15, -0.1) is 4.33 Å². The van der Waals surface area contributed by atoms with Gasteiger partial charge in [-0.3, -0.25) is 13.7 Å². The van der Waals surface area contributed by atoms with Gasteiger partial charge in [0, 0.05) is 52.4 Å². The lowest BCUT2D eigenvalue weighted by Crippen LogP contribution is -2.28. The van der Waals surface area contributed by atoms with Gasteiger partial charge in [0.1, 0.15) is 6.54 Å². The van der Waals surface area contributed by atoms with Crippen LogP contribution in [-0.2, 0) is 50.6 Å². The first kappa shape index (κ1) is 50.7. The molecule has 14 nitrogen and oxygen atoms in total. The Bertz CT molecular complexity index is 3130. The molecule has 0 saturated heterocycles. The molecule has 67 heavy (non-hydrogen) atoms. The molecule has 1 aliphatic carbocycles. The monoisotopic (exact) mass is 995 g/mol. The van der Waals surface area contributed by atoms with Gasteiger partial charge in [-0.25, -0.2) is 5.26 Å². The summed E-state index contributed by atoms with van der Waals surface area (Å²) in [6.07, 6.45) is 12.8. The maximum absolute atomic E-state index is 12.1. The van der Waals surface area contributed by atoms with E-state index >= 15 is 0 Å². The number of hydrogen-bond donors (Lipinski definition) is 4. The van der Waals surface area contributed by atoms with Crippen LogP contribution in [-0.4, -0.2) is 78.0 Å². The van der Waals surface area contributed by atoms with Crippen molar-refractivity contribution in [3.05, 3.63) is 119 Å². The van der Waals surface area contributed by atoms with E-state index in [4.69, 9.17) is 5.26 Å². The molecule has 2 unspecified atom stereocenters. The van der Waals surface area contributed by atoms with Gasteiger partial charge in [0.25, 0.3) is 30.4 Å². The summed E-state index contributed by atoms with van der Waals surface area (Å²) in [4.78, 5) is 2.80. The zero-order chi connectivity index (χ0) is 48.9. The summed E-state index contributed by atoms with van der Waals surface area (Å²) in [7, 11) is -12.8. The van der Waals surface area contributed by atoms with Gasteiger partial charge in [0.15, 0.2) is 5.71 Å². The summed E-state index contributed by atoms with van der Waals surface area (Å²) in [5, 5.41) is 14.2. The molecule has 0 radical (unpaired) electrons. The van der Waals surface area contributed by atoms with Crippen LogP contribution in [0.1, 0.15) is 105 Å². The number of fused-ring (bicyclic) bond motifs is 6. The number of allylic oxidation sites excluding steroid dienone is 8. The summed E-state index contributed by atoms with van der Waals surface area (Å²) in [6, 6.07) is 18.3. The highest BCUT2D eigenvalue weighted by Crippen LogP contribution is 2.52. The van der Waals surface area contributed by atoms with Crippen LogP contribution in [0.3, 0.4) is 0 Å². The minimum absolute atomic E-state index is 0.196. The smallest absolute Gasteiger partial charge is 0.294 e. The molecule has 0 aromatic heterocycles. The second-order valence-corrected chi connectivity index (χ2v) is 24.7. The quantitative estimate of drug-likeness (QED) is 0.0255. The third-order valence-corrected chi connectivity index (χ3v) is 17.8. The third-order valence-electron chi connectivity index (χ3n) is 13.8. The fourth-order valence-electron chi connectivity index (χ4n) is 10.1. The number of anilines is 1. The topological polar surface area (TPSA) is 208 Å². The van der Waals surface area contributed by atoms with E-state index in [-0.39, 0.29) is 17.7 Å². The normalized spacial score (nSPS) is 19.7. The molecule has 4 N–H and O–H groups in total. The molecule has 2 heterocycles. The molecule has 2 atom stereocenters. The fourth-order valence-corrected chi connectivity index (χ4v) is 11.9. The number of rotatable bonds is 17. The summed E-state index contributed by atoms with van der Waals surface area (Å²) in [5.41, 5.74) is 8.48. The van der Waals surface area contributed by atoms with E-state index in [2.05, 4.69) is 83.8 Å². The van der Waals surface area contributed by atoms with Gasteiger partial charge in [-0.2, -0.15) is 29.8 Å². The van der Waals surface area contributed by atoms with Crippen LogP contribution >= 0.6 is 12.0 Å². The lowest BCUT2D eigenvalue weighted by atomic mass is 9.78.